The fourth-order valence-electron chi connectivity index (χ4n) is 2.23. The SMILES string of the molecule is O=CC1CN2CC=c3ccccc3=C2N1. The van der Waals surface area contributed by atoms with Crippen LogP contribution in [0.3, 0.4) is 0 Å². The lowest BCUT2D eigenvalue weighted by molar-refractivity contribution is -0.109. The van der Waals surface area contributed by atoms with Gasteiger partial charge in [-0.3, -0.25) is 0 Å². The zero-order chi connectivity index (χ0) is 10.3. The van der Waals surface area contributed by atoms with Crippen molar-refractivity contribution in [2.75, 3.05) is 13.1 Å². The van der Waals surface area contributed by atoms with Gasteiger partial charge >= 0.3 is 0 Å². The summed E-state index contributed by atoms with van der Waals surface area (Å²) in [7, 11) is 0. The van der Waals surface area contributed by atoms with Crippen molar-refractivity contribution in [1.82, 2.24) is 10.2 Å². The highest BCUT2D eigenvalue weighted by atomic mass is 16.1. The van der Waals surface area contributed by atoms with Gasteiger partial charge in [-0.1, -0.05) is 30.3 Å². The number of fused-ring (bicyclic) bond motifs is 2. The van der Waals surface area contributed by atoms with E-state index < -0.39 is 0 Å². The molecule has 76 valence electrons. The number of carbonyl (C=O) groups excluding carboxylic acids is 1. The third-order valence-corrected chi connectivity index (χ3v) is 2.97. The third-order valence-electron chi connectivity index (χ3n) is 2.97. The Bertz CT molecular complexity index is 521. The molecule has 1 saturated heterocycles. The Balaban J connectivity index is 2.21. The van der Waals surface area contributed by atoms with Crippen molar-refractivity contribution in [2.45, 2.75) is 6.04 Å². The molecule has 1 fully saturated rings. The fraction of sp³-hybridized carbons (Fsp3) is 0.250. The molecule has 0 aromatic heterocycles. The van der Waals surface area contributed by atoms with Crippen LogP contribution < -0.4 is 15.8 Å². The van der Waals surface area contributed by atoms with E-state index in [0.717, 1.165) is 25.2 Å². The van der Waals surface area contributed by atoms with E-state index in [1.807, 2.05) is 12.1 Å². The normalized spacial score (nSPS) is 22.5. The Morgan fingerprint density at radius 2 is 2.27 bits per heavy atom. The lowest BCUT2D eigenvalue weighted by Gasteiger charge is -2.19. The van der Waals surface area contributed by atoms with Gasteiger partial charge in [0, 0.05) is 18.3 Å². The van der Waals surface area contributed by atoms with Gasteiger partial charge in [0.05, 0.1) is 0 Å². The minimum Gasteiger partial charge on any atom is -0.360 e. The Morgan fingerprint density at radius 1 is 1.40 bits per heavy atom. The minimum absolute atomic E-state index is 0.0560. The summed E-state index contributed by atoms with van der Waals surface area (Å²) in [6.07, 6.45) is 3.18. The van der Waals surface area contributed by atoms with Crippen LogP contribution in [-0.4, -0.2) is 30.3 Å². The van der Waals surface area contributed by atoms with Crippen LogP contribution >= 0.6 is 0 Å². The first-order valence-corrected chi connectivity index (χ1v) is 5.15. The van der Waals surface area contributed by atoms with Gasteiger partial charge in [-0.15, -0.1) is 0 Å². The first-order valence-electron chi connectivity index (χ1n) is 5.15. The van der Waals surface area contributed by atoms with Crippen LogP contribution in [0, 0.1) is 0 Å². The molecular formula is C12H12N2O. The second kappa shape index (κ2) is 3.12. The van der Waals surface area contributed by atoms with Crippen molar-refractivity contribution >= 4 is 18.2 Å². The Kier molecular flexibility index (Phi) is 1.78. The predicted molar refractivity (Wildman–Crippen MR) is 58.1 cm³/mol. The van der Waals surface area contributed by atoms with Crippen LogP contribution in [0.5, 0.6) is 0 Å². The lowest BCUT2D eigenvalue weighted by Crippen LogP contribution is -2.39. The zero-order valence-corrected chi connectivity index (χ0v) is 8.31. The average molecular weight is 200 g/mol. The van der Waals surface area contributed by atoms with Crippen LogP contribution in [0.15, 0.2) is 24.3 Å². The number of nitrogens with one attached hydrogen (secondary N) is 1. The highest BCUT2D eigenvalue weighted by molar-refractivity contribution is 5.65. The maximum absolute atomic E-state index is 10.7. The van der Waals surface area contributed by atoms with E-state index in [2.05, 4.69) is 28.4 Å². The molecule has 3 heteroatoms. The van der Waals surface area contributed by atoms with Gasteiger partial charge in [0.25, 0.3) is 0 Å². The maximum Gasteiger partial charge on any atom is 0.144 e. The molecule has 1 aromatic carbocycles. The third kappa shape index (κ3) is 1.23. The second-order valence-electron chi connectivity index (χ2n) is 3.93. The van der Waals surface area contributed by atoms with Crippen molar-refractivity contribution in [3.8, 4) is 0 Å². The highest BCUT2D eigenvalue weighted by Gasteiger charge is 2.26. The van der Waals surface area contributed by atoms with Crippen LogP contribution in [0.4, 0.5) is 0 Å². The molecule has 0 bridgehead atoms. The van der Waals surface area contributed by atoms with E-state index in [4.69, 9.17) is 0 Å². The van der Waals surface area contributed by atoms with Gasteiger partial charge in [-0.2, -0.15) is 0 Å². The number of carbonyl (C=O) groups is 1. The van der Waals surface area contributed by atoms with E-state index in [9.17, 15) is 4.79 Å². The summed E-state index contributed by atoms with van der Waals surface area (Å²) in [5, 5.41) is 5.71. The van der Waals surface area contributed by atoms with E-state index in [0.29, 0.717) is 0 Å². The van der Waals surface area contributed by atoms with Gasteiger partial charge < -0.3 is 15.0 Å². The van der Waals surface area contributed by atoms with Crippen LogP contribution in [0.2, 0.25) is 0 Å². The number of rotatable bonds is 1. The van der Waals surface area contributed by atoms with Crippen LogP contribution in [0.25, 0.3) is 11.9 Å². The summed E-state index contributed by atoms with van der Waals surface area (Å²) in [5.41, 5.74) is 0. The summed E-state index contributed by atoms with van der Waals surface area (Å²) in [6, 6.07) is 8.21. The monoisotopic (exact) mass is 200 g/mol. The number of benzene rings is 1. The summed E-state index contributed by atoms with van der Waals surface area (Å²) >= 11 is 0. The molecule has 1 N–H and O–H groups in total. The molecule has 0 spiro atoms. The Labute approximate surface area is 87.7 Å². The molecule has 3 rings (SSSR count). The quantitative estimate of drug-likeness (QED) is 0.591. The molecule has 1 atom stereocenters. The molecule has 0 aliphatic carbocycles. The molecule has 1 aromatic rings. The van der Waals surface area contributed by atoms with Gasteiger partial charge in [-0.25, -0.2) is 0 Å². The van der Waals surface area contributed by atoms with E-state index in [1.54, 1.807) is 0 Å². The Morgan fingerprint density at radius 3 is 3.13 bits per heavy atom. The molecule has 0 amide bonds. The lowest BCUT2D eigenvalue weighted by atomic mass is 10.2. The van der Waals surface area contributed by atoms with Gasteiger partial charge in [-0.05, 0) is 5.22 Å². The molecular weight excluding hydrogens is 188 g/mol. The number of hydrogen-bond donors (Lipinski definition) is 1. The number of hydrogen-bond acceptors (Lipinski definition) is 3. The van der Waals surface area contributed by atoms with Crippen molar-refractivity contribution in [3.05, 3.63) is 34.7 Å². The smallest absolute Gasteiger partial charge is 0.144 e. The molecule has 15 heavy (non-hydrogen) atoms. The highest BCUT2D eigenvalue weighted by Crippen LogP contribution is 2.11. The number of nitrogens with zero attached hydrogens (tertiary/aromatic N) is 1. The van der Waals surface area contributed by atoms with Crippen molar-refractivity contribution in [3.63, 3.8) is 0 Å². The van der Waals surface area contributed by atoms with E-state index in [1.165, 1.54) is 10.4 Å². The fourth-order valence-corrected chi connectivity index (χ4v) is 2.23. The molecule has 1 unspecified atom stereocenters. The molecule has 2 heterocycles. The molecule has 2 aliphatic rings. The average Bonchev–Trinajstić information content (AvgIpc) is 2.72. The van der Waals surface area contributed by atoms with Crippen LogP contribution in [-0.2, 0) is 4.79 Å². The van der Waals surface area contributed by atoms with Gasteiger partial charge in [0.15, 0.2) is 0 Å². The predicted octanol–water partition coefficient (Wildman–Crippen LogP) is -0.981. The van der Waals surface area contributed by atoms with Crippen molar-refractivity contribution in [2.24, 2.45) is 0 Å². The van der Waals surface area contributed by atoms with Crippen molar-refractivity contribution in [1.29, 1.82) is 0 Å². The van der Waals surface area contributed by atoms with E-state index in [-0.39, 0.29) is 6.04 Å². The first kappa shape index (κ1) is 8.53. The largest absolute Gasteiger partial charge is 0.360 e. The minimum atomic E-state index is -0.0560. The maximum atomic E-state index is 10.7. The number of aldehydes is 1. The van der Waals surface area contributed by atoms with Crippen molar-refractivity contribution < 1.29 is 4.79 Å². The summed E-state index contributed by atoms with van der Waals surface area (Å²) in [5.74, 6) is 1.10. The van der Waals surface area contributed by atoms with E-state index >= 15 is 0 Å². The summed E-state index contributed by atoms with van der Waals surface area (Å²) < 4.78 is 0. The molecule has 0 radical (unpaired) electrons. The van der Waals surface area contributed by atoms with Crippen LogP contribution in [0.1, 0.15) is 0 Å². The molecule has 3 nitrogen and oxygen atoms in total. The summed E-state index contributed by atoms with van der Waals surface area (Å²) in [6.45, 7) is 1.67. The summed E-state index contributed by atoms with van der Waals surface area (Å²) in [4.78, 5) is 13.0. The Hall–Kier alpha value is -1.77. The molecule has 0 saturated carbocycles. The first-order chi connectivity index (χ1) is 7.38. The second-order valence-corrected chi connectivity index (χ2v) is 3.93. The van der Waals surface area contributed by atoms with Gasteiger partial charge in [0.1, 0.15) is 18.1 Å². The topological polar surface area (TPSA) is 32.3 Å². The standard InChI is InChI=1S/C12H12N2O/c15-8-10-7-14-6-5-9-3-1-2-4-11(9)12(14)13-10/h1-5,8,10,13H,6-7H2. The van der Waals surface area contributed by atoms with Gasteiger partial charge in [0.2, 0.25) is 0 Å². The zero-order valence-electron chi connectivity index (χ0n) is 8.31. The molecule has 2 aliphatic heterocycles.